The lowest BCUT2D eigenvalue weighted by Gasteiger charge is -2.36. The molecular weight excluding hydrogens is 360 g/mol. The zero-order chi connectivity index (χ0) is 19.7. The van der Waals surface area contributed by atoms with E-state index in [2.05, 4.69) is 4.98 Å². The fourth-order valence-corrected chi connectivity index (χ4v) is 4.24. The number of hydrogen-bond acceptors (Lipinski definition) is 5. The van der Waals surface area contributed by atoms with Gasteiger partial charge in [-0.3, -0.25) is 14.4 Å². The highest BCUT2D eigenvalue weighted by Crippen LogP contribution is 2.33. The van der Waals surface area contributed by atoms with Crippen LogP contribution in [-0.4, -0.2) is 58.4 Å². The lowest BCUT2D eigenvalue weighted by atomic mass is 9.99. The average molecular weight is 388 g/mol. The number of aromatic amines is 1. The van der Waals surface area contributed by atoms with Crippen LogP contribution in [0.4, 0.5) is 0 Å². The third-order valence-corrected chi connectivity index (χ3v) is 5.99. The van der Waals surface area contributed by atoms with Crippen molar-refractivity contribution in [3.05, 3.63) is 27.4 Å². The summed E-state index contributed by atoms with van der Waals surface area (Å²) in [5, 5.41) is 0. The molecular formula is C20H28N4O4. The molecule has 1 aromatic heterocycles. The Morgan fingerprint density at radius 1 is 1.21 bits per heavy atom. The Labute approximate surface area is 164 Å². The van der Waals surface area contributed by atoms with Crippen molar-refractivity contribution in [2.45, 2.75) is 57.5 Å². The van der Waals surface area contributed by atoms with Gasteiger partial charge in [0, 0.05) is 31.7 Å². The van der Waals surface area contributed by atoms with Crippen LogP contribution in [0.5, 0.6) is 0 Å². The lowest BCUT2D eigenvalue weighted by Crippen LogP contribution is -2.43. The largest absolute Gasteiger partial charge is 0.384 e. The Kier molecular flexibility index (Phi) is 5.48. The van der Waals surface area contributed by atoms with Crippen LogP contribution in [0.15, 0.2) is 4.79 Å². The highest BCUT2D eigenvalue weighted by Gasteiger charge is 2.36. The molecule has 152 valence electrons. The molecule has 1 atom stereocenters. The summed E-state index contributed by atoms with van der Waals surface area (Å²) in [6.45, 7) is 2.03. The van der Waals surface area contributed by atoms with E-state index in [1.54, 1.807) is 7.11 Å². The molecule has 1 saturated heterocycles. The summed E-state index contributed by atoms with van der Waals surface area (Å²) in [5.74, 6) is 0.922. The monoisotopic (exact) mass is 388 g/mol. The Bertz CT molecular complexity index is 817. The average Bonchev–Trinajstić information content (AvgIpc) is 3.56. The number of H-pyrrole nitrogens is 1. The van der Waals surface area contributed by atoms with Gasteiger partial charge in [-0.1, -0.05) is 0 Å². The van der Waals surface area contributed by atoms with Gasteiger partial charge in [-0.05, 0) is 38.5 Å². The standard InChI is InChI=1S/C20H28N4O4/c1-28-11-8-17(25)24-9-3-2-4-16(24)18-21-15-12-23(20(27)13-5-6-13)10-7-14(15)19(26)22-18/h13,16H,2-12H2,1H3,(H,21,22,26)/t16-/m0/s1. The van der Waals surface area contributed by atoms with E-state index < -0.39 is 0 Å². The van der Waals surface area contributed by atoms with E-state index in [0.29, 0.717) is 56.2 Å². The normalized spacial score (nSPS) is 22.1. The van der Waals surface area contributed by atoms with Gasteiger partial charge in [-0.25, -0.2) is 4.98 Å². The van der Waals surface area contributed by atoms with Crippen molar-refractivity contribution in [1.29, 1.82) is 0 Å². The van der Waals surface area contributed by atoms with Crippen molar-refractivity contribution < 1.29 is 14.3 Å². The molecule has 0 bridgehead atoms. The number of aromatic nitrogens is 2. The van der Waals surface area contributed by atoms with Gasteiger partial charge in [0.25, 0.3) is 5.56 Å². The van der Waals surface area contributed by atoms with Crippen molar-refractivity contribution in [1.82, 2.24) is 19.8 Å². The molecule has 0 unspecified atom stereocenters. The second-order valence-electron chi connectivity index (χ2n) is 8.00. The minimum Gasteiger partial charge on any atom is -0.384 e. The number of likely N-dealkylation sites (tertiary alicyclic amines) is 1. The maximum absolute atomic E-state index is 12.7. The Morgan fingerprint density at radius 3 is 2.79 bits per heavy atom. The fraction of sp³-hybridized carbons (Fsp3) is 0.700. The van der Waals surface area contributed by atoms with Gasteiger partial charge in [0.2, 0.25) is 11.8 Å². The van der Waals surface area contributed by atoms with Crippen LogP contribution >= 0.6 is 0 Å². The second-order valence-corrected chi connectivity index (χ2v) is 8.00. The number of carbonyl (C=O) groups is 2. The van der Waals surface area contributed by atoms with Gasteiger partial charge in [0.05, 0.1) is 31.3 Å². The topological polar surface area (TPSA) is 95.6 Å². The number of hydrogen-bond donors (Lipinski definition) is 1. The number of methoxy groups -OCH3 is 1. The molecule has 0 spiro atoms. The Morgan fingerprint density at radius 2 is 2.04 bits per heavy atom. The number of ether oxygens (including phenoxy) is 1. The summed E-state index contributed by atoms with van der Waals surface area (Å²) >= 11 is 0. The first-order chi connectivity index (χ1) is 13.6. The molecule has 3 heterocycles. The quantitative estimate of drug-likeness (QED) is 0.817. The Hall–Kier alpha value is -2.22. The number of nitrogens with one attached hydrogen (secondary N) is 1. The van der Waals surface area contributed by atoms with Crippen molar-refractivity contribution in [3.63, 3.8) is 0 Å². The predicted octanol–water partition coefficient (Wildman–Crippen LogP) is 1.15. The molecule has 8 heteroatoms. The first kappa shape index (κ1) is 19.1. The summed E-state index contributed by atoms with van der Waals surface area (Å²) in [7, 11) is 1.58. The van der Waals surface area contributed by atoms with Crippen molar-refractivity contribution in [3.8, 4) is 0 Å². The molecule has 0 aromatic carbocycles. The Balaban J connectivity index is 1.58. The fourth-order valence-electron chi connectivity index (χ4n) is 4.24. The minimum absolute atomic E-state index is 0.0254. The SMILES string of the molecule is COCCC(=O)N1CCCC[C@H]1c1nc2c(c(=O)[nH]1)CCN(C(=O)C1CC1)C2. The molecule has 1 saturated carbocycles. The number of piperidine rings is 1. The van der Waals surface area contributed by atoms with Gasteiger partial charge in [-0.15, -0.1) is 0 Å². The number of rotatable bonds is 5. The van der Waals surface area contributed by atoms with Gasteiger partial charge < -0.3 is 19.5 Å². The summed E-state index contributed by atoms with van der Waals surface area (Å²) in [6.07, 6.45) is 5.53. The number of carbonyl (C=O) groups excluding carboxylic acids is 2. The molecule has 1 aromatic rings. The molecule has 0 radical (unpaired) electrons. The lowest BCUT2D eigenvalue weighted by molar-refractivity contribution is -0.136. The molecule has 2 amide bonds. The van der Waals surface area contributed by atoms with E-state index in [1.165, 1.54) is 0 Å². The number of nitrogens with zero attached hydrogens (tertiary/aromatic N) is 3. The second kappa shape index (κ2) is 8.03. The van der Waals surface area contributed by atoms with Crippen molar-refractivity contribution in [2.75, 3.05) is 26.8 Å². The van der Waals surface area contributed by atoms with Crippen LogP contribution in [0.25, 0.3) is 0 Å². The van der Waals surface area contributed by atoms with Gasteiger partial charge in [0.15, 0.2) is 0 Å². The van der Waals surface area contributed by atoms with Crippen molar-refractivity contribution in [2.24, 2.45) is 5.92 Å². The molecule has 3 aliphatic rings. The molecule has 4 rings (SSSR count). The van der Waals surface area contributed by atoms with Gasteiger partial charge in [0.1, 0.15) is 5.82 Å². The third kappa shape index (κ3) is 3.83. The van der Waals surface area contributed by atoms with E-state index >= 15 is 0 Å². The van der Waals surface area contributed by atoms with Crippen LogP contribution in [-0.2, 0) is 27.3 Å². The summed E-state index contributed by atoms with van der Waals surface area (Å²) in [6, 6.07) is -0.217. The van der Waals surface area contributed by atoms with E-state index in [0.717, 1.165) is 32.1 Å². The van der Waals surface area contributed by atoms with E-state index in [-0.39, 0.29) is 29.3 Å². The summed E-state index contributed by atoms with van der Waals surface area (Å²) in [4.78, 5) is 49.1. The van der Waals surface area contributed by atoms with E-state index in [1.807, 2.05) is 9.80 Å². The van der Waals surface area contributed by atoms with Crippen molar-refractivity contribution >= 4 is 11.8 Å². The van der Waals surface area contributed by atoms with Crippen LogP contribution in [0.2, 0.25) is 0 Å². The number of fused-ring (bicyclic) bond motifs is 1. The highest BCUT2D eigenvalue weighted by atomic mass is 16.5. The molecule has 2 aliphatic heterocycles. The first-order valence-corrected chi connectivity index (χ1v) is 10.3. The summed E-state index contributed by atoms with van der Waals surface area (Å²) < 4.78 is 5.04. The predicted molar refractivity (Wildman–Crippen MR) is 102 cm³/mol. The van der Waals surface area contributed by atoms with Gasteiger partial charge in [-0.2, -0.15) is 0 Å². The van der Waals surface area contributed by atoms with E-state index in [9.17, 15) is 14.4 Å². The smallest absolute Gasteiger partial charge is 0.254 e. The summed E-state index contributed by atoms with van der Waals surface area (Å²) in [5.41, 5.74) is 1.24. The third-order valence-electron chi connectivity index (χ3n) is 5.99. The van der Waals surface area contributed by atoms with Crippen LogP contribution < -0.4 is 5.56 Å². The van der Waals surface area contributed by atoms with E-state index in [4.69, 9.17) is 9.72 Å². The van der Waals surface area contributed by atoms with Crippen LogP contribution in [0.3, 0.4) is 0 Å². The molecule has 28 heavy (non-hydrogen) atoms. The van der Waals surface area contributed by atoms with Crippen LogP contribution in [0, 0.1) is 5.92 Å². The molecule has 8 nitrogen and oxygen atoms in total. The first-order valence-electron chi connectivity index (χ1n) is 10.3. The minimum atomic E-state index is -0.217. The molecule has 1 N–H and O–H groups in total. The van der Waals surface area contributed by atoms with Gasteiger partial charge >= 0.3 is 0 Å². The van der Waals surface area contributed by atoms with Crippen LogP contribution in [0.1, 0.15) is 61.6 Å². The number of amides is 2. The molecule has 2 fully saturated rings. The maximum atomic E-state index is 12.7. The molecule has 1 aliphatic carbocycles. The maximum Gasteiger partial charge on any atom is 0.254 e. The highest BCUT2D eigenvalue weighted by molar-refractivity contribution is 5.81. The zero-order valence-corrected chi connectivity index (χ0v) is 16.4. The zero-order valence-electron chi connectivity index (χ0n) is 16.4.